The number of piperazine rings is 1. The van der Waals surface area contributed by atoms with Gasteiger partial charge < -0.3 is 29.7 Å². The Morgan fingerprint density at radius 3 is 2.54 bits per heavy atom. The van der Waals surface area contributed by atoms with Crippen molar-refractivity contribution in [2.24, 2.45) is 5.92 Å². The smallest absolute Gasteiger partial charge is 0.263 e. The van der Waals surface area contributed by atoms with Crippen LogP contribution in [0.25, 0.3) is 11.0 Å². The molecule has 50 heavy (non-hydrogen) atoms. The van der Waals surface area contributed by atoms with Crippen LogP contribution in [-0.2, 0) is 22.5 Å². The molecule has 0 amide bonds. The molecule has 14 heteroatoms. The fraction of sp³-hybridized carbons (Fsp3) is 0.444. The van der Waals surface area contributed by atoms with Crippen LogP contribution in [0.2, 0.25) is 0 Å². The number of anilines is 3. The number of carbonyl (C=O) groups is 1. The first kappa shape index (κ1) is 35.9. The van der Waals surface area contributed by atoms with Crippen LogP contribution in [-0.4, -0.2) is 94.6 Å². The Bertz CT molecular complexity index is 1910. The van der Waals surface area contributed by atoms with Crippen molar-refractivity contribution in [2.45, 2.75) is 50.2 Å². The lowest BCUT2D eigenvalue weighted by Crippen LogP contribution is -2.54. The van der Waals surface area contributed by atoms with Crippen molar-refractivity contribution in [3.63, 3.8) is 0 Å². The highest BCUT2D eigenvalue weighted by molar-refractivity contribution is 7.91. The SMILES string of the molecule is C[C@@H]1CN(c2ccc(Nc3ncc4cc(C(=O)C5CCOCC5)c(=O)n(Cc5c(F)cccc5[S+]([O-])CCN(C)C)c4n3)cc2F)C[C@H](C)N1. The predicted molar refractivity (Wildman–Crippen MR) is 191 cm³/mol. The van der Waals surface area contributed by atoms with Crippen LogP contribution in [0.5, 0.6) is 0 Å². The zero-order chi connectivity index (χ0) is 35.5. The molecule has 266 valence electrons. The molecule has 2 saturated heterocycles. The number of benzene rings is 2. The average Bonchev–Trinajstić information content (AvgIpc) is 3.08. The molecule has 0 spiro atoms. The van der Waals surface area contributed by atoms with E-state index in [1.807, 2.05) is 23.9 Å². The number of nitrogens with one attached hydrogen (secondary N) is 2. The molecular formula is C36H43F2N7O4S. The van der Waals surface area contributed by atoms with Gasteiger partial charge in [0.05, 0.1) is 23.4 Å². The van der Waals surface area contributed by atoms with Crippen LogP contribution in [0, 0.1) is 17.6 Å². The van der Waals surface area contributed by atoms with Crippen LogP contribution in [0.15, 0.2) is 58.4 Å². The summed E-state index contributed by atoms with van der Waals surface area (Å²) >= 11 is -1.56. The molecule has 1 unspecified atom stereocenters. The molecule has 11 nitrogen and oxygen atoms in total. The van der Waals surface area contributed by atoms with Gasteiger partial charge in [0, 0.05) is 68.1 Å². The van der Waals surface area contributed by atoms with Crippen LogP contribution in [0.3, 0.4) is 0 Å². The van der Waals surface area contributed by atoms with Crippen LogP contribution in [0.4, 0.5) is 26.1 Å². The zero-order valence-corrected chi connectivity index (χ0v) is 29.6. The molecule has 4 aromatic rings. The largest absolute Gasteiger partial charge is 0.611 e. The van der Waals surface area contributed by atoms with Gasteiger partial charge in [-0.25, -0.2) is 13.8 Å². The van der Waals surface area contributed by atoms with E-state index in [0.717, 1.165) is 0 Å². The van der Waals surface area contributed by atoms with Gasteiger partial charge in [0.15, 0.2) is 10.7 Å². The third kappa shape index (κ3) is 8.00. The van der Waals surface area contributed by atoms with Crippen molar-refractivity contribution in [3.05, 3.63) is 81.8 Å². The van der Waals surface area contributed by atoms with Gasteiger partial charge in [-0.1, -0.05) is 6.07 Å². The predicted octanol–water partition coefficient (Wildman–Crippen LogP) is 4.33. The lowest BCUT2D eigenvalue weighted by atomic mass is 9.91. The van der Waals surface area contributed by atoms with E-state index in [-0.39, 0.29) is 57.8 Å². The summed E-state index contributed by atoms with van der Waals surface area (Å²) in [5.74, 6) is -1.40. The maximum atomic E-state index is 15.6. The summed E-state index contributed by atoms with van der Waals surface area (Å²) in [5.41, 5.74) is 0.427. The number of aromatic nitrogens is 3. The zero-order valence-electron chi connectivity index (χ0n) is 28.7. The van der Waals surface area contributed by atoms with Gasteiger partial charge in [0.2, 0.25) is 5.95 Å². The number of pyridine rings is 1. The molecule has 2 aliphatic rings. The van der Waals surface area contributed by atoms with E-state index < -0.39 is 34.3 Å². The Morgan fingerprint density at radius 1 is 1.10 bits per heavy atom. The second-order valence-electron chi connectivity index (χ2n) is 13.4. The summed E-state index contributed by atoms with van der Waals surface area (Å²) in [6.07, 6.45) is 2.45. The van der Waals surface area contributed by atoms with E-state index >= 15 is 8.78 Å². The molecule has 0 bridgehead atoms. The summed E-state index contributed by atoms with van der Waals surface area (Å²) in [4.78, 5) is 41.1. The molecular weight excluding hydrogens is 665 g/mol. The van der Waals surface area contributed by atoms with Gasteiger partial charge in [-0.05, 0) is 88.4 Å². The summed E-state index contributed by atoms with van der Waals surface area (Å²) in [7, 11) is 3.72. The fourth-order valence-electron chi connectivity index (χ4n) is 6.65. The van der Waals surface area contributed by atoms with Crippen LogP contribution < -0.4 is 21.1 Å². The highest BCUT2D eigenvalue weighted by atomic mass is 32.2. The second-order valence-corrected chi connectivity index (χ2v) is 14.9. The molecule has 2 aliphatic heterocycles. The van der Waals surface area contributed by atoms with Crippen molar-refractivity contribution in [1.82, 2.24) is 24.8 Å². The van der Waals surface area contributed by atoms with Crippen molar-refractivity contribution in [3.8, 4) is 0 Å². The van der Waals surface area contributed by atoms with Crippen molar-refractivity contribution < 1.29 is 22.9 Å². The number of ketones is 1. The highest BCUT2D eigenvalue weighted by Crippen LogP contribution is 2.28. The summed E-state index contributed by atoms with van der Waals surface area (Å²) < 4.78 is 51.0. The van der Waals surface area contributed by atoms with Crippen molar-refractivity contribution >= 4 is 45.3 Å². The standard InChI is InChI=1S/C36H43F2N7O4S/c1-22-19-44(20-23(2)40-22)31-9-8-26(17-30(31)38)41-36-39-18-25-16-27(33(46)24-10-13-49-14-11-24)35(47)45(34(25)42-36)21-28-29(37)6-5-7-32(28)50(48)15-12-43(3)4/h5-9,16-18,22-24,40H,10-15,19-21H2,1-4H3,(H,39,41,42)/t22-,23+,50?. The Labute approximate surface area is 293 Å². The topological polar surface area (TPSA) is 128 Å². The number of hydrogen-bond donors (Lipinski definition) is 2. The minimum Gasteiger partial charge on any atom is -0.611 e. The summed E-state index contributed by atoms with van der Waals surface area (Å²) in [6, 6.07) is 11.1. The molecule has 3 atom stereocenters. The number of ether oxygens (including phenoxy) is 1. The Balaban J connectivity index is 1.38. The molecule has 2 fully saturated rings. The molecule has 4 heterocycles. The normalized spacial score (nSPS) is 19.2. The van der Waals surface area contributed by atoms with Crippen LogP contribution >= 0.6 is 0 Å². The number of halogens is 2. The lowest BCUT2D eigenvalue weighted by molar-refractivity contribution is 0.0543. The molecule has 0 aliphatic carbocycles. The first-order chi connectivity index (χ1) is 24.0. The Hall–Kier alpha value is -3.95. The van der Waals surface area contributed by atoms with Crippen molar-refractivity contribution in [1.29, 1.82) is 0 Å². The molecule has 2 aromatic heterocycles. The summed E-state index contributed by atoms with van der Waals surface area (Å²) in [5, 5.41) is 6.87. The number of hydrogen-bond acceptors (Lipinski definition) is 10. The second kappa shape index (κ2) is 15.5. The highest BCUT2D eigenvalue weighted by Gasteiger charge is 2.29. The van der Waals surface area contributed by atoms with Gasteiger partial charge in [-0.15, -0.1) is 0 Å². The van der Waals surface area contributed by atoms with Gasteiger partial charge in [0.25, 0.3) is 5.56 Å². The number of nitrogens with zero attached hydrogens (tertiary/aromatic N) is 5. The fourth-order valence-corrected chi connectivity index (χ4v) is 8.07. The third-order valence-corrected chi connectivity index (χ3v) is 10.6. The van der Waals surface area contributed by atoms with E-state index in [9.17, 15) is 14.1 Å². The molecule has 6 rings (SSSR count). The number of Topliss-reactive ketones (excluding diaryl/α,β-unsaturated/α-hetero) is 1. The molecule has 2 N–H and O–H groups in total. The Kier molecular flexibility index (Phi) is 11.1. The minimum absolute atomic E-state index is 0.0467. The quantitative estimate of drug-likeness (QED) is 0.172. The van der Waals surface area contributed by atoms with Gasteiger partial charge >= 0.3 is 0 Å². The van der Waals surface area contributed by atoms with Crippen LogP contribution in [0.1, 0.15) is 42.6 Å². The maximum absolute atomic E-state index is 15.6. The van der Waals surface area contributed by atoms with E-state index in [2.05, 4.69) is 34.4 Å². The summed E-state index contributed by atoms with van der Waals surface area (Å²) in [6.45, 7) is 6.50. The Morgan fingerprint density at radius 2 is 1.84 bits per heavy atom. The molecule has 0 saturated carbocycles. The van der Waals surface area contributed by atoms with E-state index in [4.69, 9.17) is 4.74 Å². The van der Waals surface area contributed by atoms with E-state index in [0.29, 0.717) is 62.5 Å². The van der Waals surface area contributed by atoms with Gasteiger partial charge in [-0.3, -0.25) is 14.2 Å². The maximum Gasteiger partial charge on any atom is 0.263 e. The molecule has 2 aromatic carbocycles. The number of carbonyl (C=O) groups excluding carboxylic acids is 1. The van der Waals surface area contributed by atoms with E-state index in [1.165, 1.54) is 35.0 Å². The average molecular weight is 708 g/mol. The number of fused-ring (bicyclic) bond motifs is 1. The van der Waals surface area contributed by atoms with Gasteiger partial charge in [0.1, 0.15) is 23.0 Å². The molecule has 0 radical (unpaired) electrons. The number of rotatable bonds is 11. The monoisotopic (exact) mass is 707 g/mol. The first-order valence-electron chi connectivity index (χ1n) is 16.9. The van der Waals surface area contributed by atoms with E-state index in [1.54, 1.807) is 18.2 Å². The van der Waals surface area contributed by atoms with Crippen molar-refractivity contribution in [2.75, 3.05) is 62.9 Å². The third-order valence-electron chi connectivity index (χ3n) is 9.15. The lowest BCUT2D eigenvalue weighted by Gasteiger charge is -2.37. The first-order valence-corrected chi connectivity index (χ1v) is 18.2. The minimum atomic E-state index is -1.56. The van der Waals surface area contributed by atoms with Gasteiger partial charge in [-0.2, -0.15) is 4.98 Å².